The van der Waals surface area contributed by atoms with E-state index in [1.54, 1.807) is 8.61 Å². The standard InChI is InChI=1S/C12H24N2O2S/c1-2-8-14(11-12-6-7-12)17(15,16)13-9-4-3-5-10-13/h12H,2-11H2,1H3. The third-order valence-electron chi connectivity index (χ3n) is 3.60. The summed E-state index contributed by atoms with van der Waals surface area (Å²) in [6.45, 7) is 4.90. The highest BCUT2D eigenvalue weighted by molar-refractivity contribution is 7.86. The fourth-order valence-electron chi connectivity index (χ4n) is 2.40. The van der Waals surface area contributed by atoms with Gasteiger partial charge in [0.1, 0.15) is 0 Å². The van der Waals surface area contributed by atoms with Crippen LogP contribution in [0.1, 0.15) is 45.4 Å². The zero-order valence-corrected chi connectivity index (χ0v) is 11.6. The van der Waals surface area contributed by atoms with E-state index in [1.807, 2.05) is 6.92 Å². The van der Waals surface area contributed by atoms with Gasteiger partial charge in [-0.2, -0.15) is 17.0 Å². The third kappa shape index (κ3) is 3.42. The Kier molecular flexibility index (Phi) is 4.44. The topological polar surface area (TPSA) is 40.6 Å². The van der Waals surface area contributed by atoms with Crippen molar-refractivity contribution in [3.8, 4) is 0 Å². The maximum Gasteiger partial charge on any atom is 0.281 e. The van der Waals surface area contributed by atoms with E-state index in [2.05, 4.69) is 0 Å². The fourth-order valence-corrected chi connectivity index (χ4v) is 4.26. The molecular formula is C12H24N2O2S. The first-order valence-electron chi connectivity index (χ1n) is 6.90. The highest BCUT2D eigenvalue weighted by Gasteiger charge is 2.34. The molecule has 5 heteroatoms. The molecular weight excluding hydrogens is 236 g/mol. The lowest BCUT2D eigenvalue weighted by Gasteiger charge is -2.32. The van der Waals surface area contributed by atoms with Crippen molar-refractivity contribution >= 4 is 10.2 Å². The van der Waals surface area contributed by atoms with E-state index in [9.17, 15) is 8.42 Å². The fraction of sp³-hybridized carbons (Fsp3) is 1.00. The quantitative estimate of drug-likeness (QED) is 0.731. The summed E-state index contributed by atoms with van der Waals surface area (Å²) in [7, 11) is -3.17. The molecule has 0 atom stereocenters. The molecule has 4 nitrogen and oxygen atoms in total. The lowest BCUT2D eigenvalue weighted by Crippen LogP contribution is -2.46. The molecule has 0 spiro atoms. The summed E-state index contributed by atoms with van der Waals surface area (Å²) in [4.78, 5) is 0. The van der Waals surface area contributed by atoms with Gasteiger partial charge < -0.3 is 0 Å². The molecule has 2 aliphatic rings. The minimum atomic E-state index is -3.17. The van der Waals surface area contributed by atoms with Gasteiger partial charge in [0.25, 0.3) is 10.2 Å². The SMILES string of the molecule is CCCN(CC1CC1)S(=O)(=O)N1CCCCC1. The first kappa shape index (κ1) is 13.3. The average molecular weight is 260 g/mol. The molecule has 0 amide bonds. The molecule has 1 aliphatic heterocycles. The molecule has 1 saturated heterocycles. The monoisotopic (exact) mass is 260 g/mol. The van der Waals surface area contributed by atoms with Crippen LogP contribution >= 0.6 is 0 Å². The largest absolute Gasteiger partial charge is 0.281 e. The first-order valence-corrected chi connectivity index (χ1v) is 8.29. The van der Waals surface area contributed by atoms with Crippen molar-refractivity contribution < 1.29 is 8.42 Å². The van der Waals surface area contributed by atoms with E-state index in [4.69, 9.17) is 0 Å². The van der Waals surface area contributed by atoms with Crippen molar-refractivity contribution in [3.63, 3.8) is 0 Å². The van der Waals surface area contributed by atoms with Crippen molar-refractivity contribution in [2.75, 3.05) is 26.2 Å². The van der Waals surface area contributed by atoms with E-state index in [1.165, 1.54) is 19.3 Å². The summed E-state index contributed by atoms with van der Waals surface area (Å²) < 4.78 is 28.4. The van der Waals surface area contributed by atoms with Crippen LogP contribution in [0.5, 0.6) is 0 Å². The van der Waals surface area contributed by atoms with Gasteiger partial charge in [-0.1, -0.05) is 13.3 Å². The van der Waals surface area contributed by atoms with Crippen LogP contribution in [-0.2, 0) is 10.2 Å². The lowest BCUT2D eigenvalue weighted by molar-refractivity contribution is 0.298. The van der Waals surface area contributed by atoms with Crippen LogP contribution in [0.25, 0.3) is 0 Å². The average Bonchev–Trinajstić information content (AvgIpc) is 3.14. The van der Waals surface area contributed by atoms with Crippen LogP contribution in [0.3, 0.4) is 0 Å². The Labute approximate surface area is 105 Å². The van der Waals surface area contributed by atoms with E-state index in [0.29, 0.717) is 25.6 Å². The molecule has 0 aromatic carbocycles. The van der Waals surface area contributed by atoms with Crippen molar-refractivity contribution in [1.82, 2.24) is 8.61 Å². The predicted octanol–water partition coefficient (Wildman–Crippen LogP) is 1.84. The van der Waals surface area contributed by atoms with Crippen LogP contribution in [0.4, 0.5) is 0 Å². The Hall–Kier alpha value is -0.130. The number of hydrogen-bond donors (Lipinski definition) is 0. The summed E-state index contributed by atoms with van der Waals surface area (Å²) in [5.41, 5.74) is 0. The Balaban J connectivity index is 2.02. The predicted molar refractivity (Wildman–Crippen MR) is 68.9 cm³/mol. The molecule has 1 aliphatic carbocycles. The highest BCUT2D eigenvalue weighted by atomic mass is 32.2. The van der Waals surface area contributed by atoms with Gasteiger partial charge in [-0.3, -0.25) is 0 Å². The number of hydrogen-bond acceptors (Lipinski definition) is 2. The Morgan fingerprint density at radius 1 is 1.18 bits per heavy atom. The molecule has 0 radical (unpaired) electrons. The molecule has 2 rings (SSSR count). The number of nitrogens with zero attached hydrogens (tertiary/aromatic N) is 2. The van der Waals surface area contributed by atoms with Gasteiger partial charge >= 0.3 is 0 Å². The smallest absolute Gasteiger partial charge is 0.195 e. The second-order valence-electron chi connectivity index (χ2n) is 5.27. The molecule has 0 N–H and O–H groups in total. The van der Waals surface area contributed by atoms with Gasteiger partial charge in [-0.25, -0.2) is 0 Å². The van der Waals surface area contributed by atoms with Gasteiger partial charge in [-0.05, 0) is 38.0 Å². The van der Waals surface area contributed by atoms with Gasteiger partial charge in [0.15, 0.2) is 0 Å². The molecule has 0 bridgehead atoms. The molecule has 0 aromatic heterocycles. The van der Waals surface area contributed by atoms with E-state index < -0.39 is 10.2 Å². The summed E-state index contributed by atoms with van der Waals surface area (Å²) >= 11 is 0. The normalized spacial score (nSPS) is 23.2. The zero-order chi connectivity index (χ0) is 12.3. The van der Waals surface area contributed by atoms with E-state index in [0.717, 1.165) is 25.8 Å². The van der Waals surface area contributed by atoms with Gasteiger partial charge in [0.05, 0.1) is 0 Å². The molecule has 2 fully saturated rings. The summed E-state index contributed by atoms with van der Waals surface area (Å²) in [6, 6.07) is 0. The molecule has 100 valence electrons. The Morgan fingerprint density at radius 3 is 2.35 bits per heavy atom. The van der Waals surface area contributed by atoms with E-state index >= 15 is 0 Å². The van der Waals surface area contributed by atoms with Crippen LogP contribution in [-0.4, -0.2) is 43.2 Å². The zero-order valence-electron chi connectivity index (χ0n) is 10.8. The van der Waals surface area contributed by atoms with Crippen LogP contribution in [0.2, 0.25) is 0 Å². The number of piperidine rings is 1. The van der Waals surface area contributed by atoms with E-state index in [-0.39, 0.29) is 0 Å². The molecule has 0 aromatic rings. The maximum atomic E-state index is 12.5. The minimum absolute atomic E-state index is 0.626. The van der Waals surface area contributed by atoms with Gasteiger partial charge in [0.2, 0.25) is 0 Å². The van der Waals surface area contributed by atoms with Crippen molar-refractivity contribution in [3.05, 3.63) is 0 Å². The lowest BCUT2D eigenvalue weighted by atomic mass is 10.2. The van der Waals surface area contributed by atoms with Crippen molar-refractivity contribution in [2.24, 2.45) is 5.92 Å². The van der Waals surface area contributed by atoms with Crippen LogP contribution in [0.15, 0.2) is 0 Å². The second kappa shape index (κ2) is 5.67. The van der Waals surface area contributed by atoms with Gasteiger partial charge in [-0.15, -0.1) is 0 Å². The molecule has 0 unspecified atom stereocenters. The maximum absolute atomic E-state index is 12.5. The molecule has 1 saturated carbocycles. The molecule has 1 heterocycles. The summed E-state index contributed by atoms with van der Waals surface area (Å²) in [6.07, 6.45) is 6.51. The van der Waals surface area contributed by atoms with Crippen LogP contribution in [0, 0.1) is 5.92 Å². The third-order valence-corrected chi connectivity index (χ3v) is 5.60. The Morgan fingerprint density at radius 2 is 1.82 bits per heavy atom. The minimum Gasteiger partial charge on any atom is -0.195 e. The summed E-state index contributed by atoms with van der Waals surface area (Å²) in [5.74, 6) is 0.626. The van der Waals surface area contributed by atoms with Crippen molar-refractivity contribution in [1.29, 1.82) is 0 Å². The summed E-state index contributed by atoms with van der Waals surface area (Å²) in [5, 5.41) is 0. The highest BCUT2D eigenvalue weighted by Crippen LogP contribution is 2.31. The number of rotatable bonds is 6. The van der Waals surface area contributed by atoms with Crippen molar-refractivity contribution in [2.45, 2.75) is 45.4 Å². The second-order valence-corrected chi connectivity index (χ2v) is 7.20. The first-order chi connectivity index (χ1) is 8.14. The molecule has 17 heavy (non-hydrogen) atoms. The van der Waals surface area contributed by atoms with Crippen LogP contribution < -0.4 is 0 Å². The van der Waals surface area contributed by atoms with Gasteiger partial charge in [0, 0.05) is 26.2 Å². The Bertz CT molecular complexity index is 332.